The number of hydrogen-bond acceptors (Lipinski definition) is 1. The number of allylic oxidation sites excluding steroid dienone is 1. The molecule has 1 aliphatic rings. The molecule has 2 atom stereocenters. The zero-order valence-corrected chi connectivity index (χ0v) is 12.8. The van der Waals surface area contributed by atoms with Crippen molar-refractivity contribution in [3.05, 3.63) is 42.1 Å². The second kappa shape index (κ2) is 5.41. The van der Waals surface area contributed by atoms with Gasteiger partial charge in [-0.15, -0.1) is 6.58 Å². The van der Waals surface area contributed by atoms with Gasteiger partial charge in [0.1, 0.15) is 8.07 Å². The molecule has 18 heavy (non-hydrogen) atoms. The van der Waals surface area contributed by atoms with Crippen molar-refractivity contribution < 1.29 is 4.74 Å². The van der Waals surface area contributed by atoms with Crippen LogP contribution in [0.3, 0.4) is 0 Å². The van der Waals surface area contributed by atoms with Gasteiger partial charge in [0.2, 0.25) is 0 Å². The van der Waals surface area contributed by atoms with E-state index in [0.717, 1.165) is 19.3 Å². The van der Waals surface area contributed by atoms with Crippen LogP contribution >= 0.6 is 0 Å². The van der Waals surface area contributed by atoms with E-state index in [1.54, 1.807) is 0 Å². The van der Waals surface area contributed by atoms with Gasteiger partial charge in [0.05, 0.1) is 12.2 Å². The fraction of sp³-hybridized carbons (Fsp3) is 0.500. The van der Waals surface area contributed by atoms with Crippen LogP contribution in [0, 0.1) is 0 Å². The van der Waals surface area contributed by atoms with Gasteiger partial charge >= 0.3 is 0 Å². The average molecular weight is 260 g/mol. The lowest BCUT2D eigenvalue weighted by molar-refractivity contribution is 0.360. The highest BCUT2D eigenvalue weighted by atomic mass is 28.3. The third-order valence-electron chi connectivity index (χ3n) is 4.20. The Bertz CT molecular complexity index is 410. The molecule has 1 heterocycles. The fourth-order valence-corrected chi connectivity index (χ4v) is 4.68. The van der Waals surface area contributed by atoms with Gasteiger partial charge in [-0.25, -0.2) is 0 Å². The third kappa shape index (κ3) is 2.93. The fourth-order valence-electron chi connectivity index (χ4n) is 2.48. The van der Waals surface area contributed by atoms with E-state index in [9.17, 15) is 0 Å². The minimum Gasteiger partial charge on any atom is -0.370 e. The highest BCUT2D eigenvalue weighted by Crippen LogP contribution is 2.31. The van der Waals surface area contributed by atoms with Gasteiger partial charge in [-0.05, 0) is 19.3 Å². The standard InChI is InChI=1S/C16H24OSi/c1-5-15-16(17-15)12-11-13(2)18(3,4)14-9-7-6-8-10-14/h6-10,15-16H,2,5,11-12H2,1,3-4H3/t15-,16+/m1/s1. The second-order valence-electron chi connectivity index (χ2n) is 5.75. The quantitative estimate of drug-likeness (QED) is 0.562. The SMILES string of the molecule is C=C(CC[C@@H]1O[C@@H]1CC)[Si](C)(C)c1ccccc1. The van der Waals surface area contributed by atoms with E-state index in [4.69, 9.17) is 4.74 Å². The van der Waals surface area contributed by atoms with Crippen molar-refractivity contribution in [2.24, 2.45) is 0 Å². The Morgan fingerprint density at radius 1 is 1.22 bits per heavy atom. The lowest BCUT2D eigenvalue weighted by Gasteiger charge is -2.25. The van der Waals surface area contributed by atoms with Crippen LogP contribution in [0.5, 0.6) is 0 Å². The van der Waals surface area contributed by atoms with Crippen LogP contribution in [0.25, 0.3) is 0 Å². The molecule has 98 valence electrons. The van der Waals surface area contributed by atoms with Crippen molar-refractivity contribution in [3.8, 4) is 0 Å². The summed E-state index contributed by atoms with van der Waals surface area (Å²) in [5.41, 5.74) is 0. The summed E-state index contributed by atoms with van der Waals surface area (Å²) in [6, 6.07) is 10.9. The Balaban J connectivity index is 1.92. The summed E-state index contributed by atoms with van der Waals surface area (Å²) in [6.45, 7) is 11.4. The maximum Gasteiger partial charge on any atom is 0.106 e. The van der Waals surface area contributed by atoms with Crippen molar-refractivity contribution >= 4 is 13.3 Å². The van der Waals surface area contributed by atoms with Crippen molar-refractivity contribution in [2.75, 3.05) is 0 Å². The van der Waals surface area contributed by atoms with E-state index in [1.165, 1.54) is 10.4 Å². The van der Waals surface area contributed by atoms with E-state index in [1.807, 2.05) is 0 Å². The minimum absolute atomic E-state index is 0.507. The first-order valence-electron chi connectivity index (χ1n) is 6.95. The molecule has 0 unspecified atom stereocenters. The molecule has 0 saturated carbocycles. The van der Waals surface area contributed by atoms with Gasteiger partial charge in [0.25, 0.3) is 0 Å². The Kier molecular flexibility index (Phi) is 4.08. The Hall–Kier alpha value is -0.863. The lowest BCUT2D eigenvalue weighted by Crippen LogP contribution is -2.43. The highest BCUT2D eigenvalue weighted by molar-refractivity contribution is 6.95. The molecule has 2 heteroatoms. The van der Waals surface area contributed by atoms with Crippen LogP contribution in [0.1, 0.15) is 26.2 Å². The van der Waals surface area contributed by atoms with Crippen LogP contribution in [0.15, 0.2) is 42.1 Å². The normalized spacial score (nSPS) is 22.8. The number of ether oxygens (including phenoxy) is 1. The molecule has 1 fully saturated rings. The van der Waals surface area contributed by atoms with E-state index >= 15 is 0 Å². The molecule has 0 aliphatic carbocycles. The van der Waals surface area contributed by atoms with Gasteiger partial charge in [0, 0.05) is 0 Å². The summed E-state index contributed by atoms with van der Waals surface area (Å²) >= 11 is 0. The molecule has 0 bridgehead atoms. The summed E-state index contributed by atoms with van der Waals surface area (Å²) in [5.74, 6) is 0. The van der Waals surface area contributed by atoms with Gasteiger partial charge in [-0.2, -0.15) is 0 Å². The predicted molar refractivity (Wildman–Crippen MR) is 80.9 cm³/mol. The maximum atomic E-state index is 5.61. The van der Waals surface area contributed by atoms with Crippen molar-refractivity contribution in [2.45, 2.75) is 51.5 Å². The Morgan fingerprint density at radius 2 is 1.89 bits per heavy atom. The number of hydrogen-bond donors (Lipinski definition) is 0. The van der Waals surface area contributed by atoms with Gasteiger partial charge in [-0.1, -0.05) is 60.7 Å². The smallest absolute Gasteiger partial charge is 0.106 e. The monoisotopic (exact) mass is 260 g/mol. The first-order chi connectivity index (χ1) is 8.55. The first kappa shape index (κ1) is 13.6. The number of benzene rings is 1. The summed E-state index contributed by atoms with van der Waals surface area (Å²) in [5, 5.41) is 2.93. The van der Waals surface area contributed by atoms with Gasteiger partial charge < -0.3 is 4.74 Å². The molecule has 0 spiro atoms. The molecule has 0 N–H and O–H groups in total. The second-order valence-corrected chi connectivity index (χ2v) is 10.3. The molecule has 0 amide bonds. The van der Waals surface area contributed by atoms with Crippen LogP contribution in [-0.2, 0) is 4.74 Å². The molecule has 1 aromatic rings. The van der Waals surface area contributed by atoms with Crippen LogP contribution < -0.4 is 5.19 Å². The van der Waals surface area contributed by atoms with E-state index in [0.29, 0.717) is 12.2 Å². The predicted octanol–water partition coefficient (Wildman–Crippen LogP) is 3.66. The lowest BCUT2D eigenvalue weighted by atomic mass is 10.1. The summed E-state index contributed by atoms with van der Waals surface area (Å²) in [4.78, 5) is 0. The molecule has 1 aromatic carbocycles. The molecule has 0 radical (unpaired) electrons. The first-order valence-corrected chi connectivity index (χ1v) is 9.95. The summed E-state index contributed by atoms with van der Waals surface area (Å²) < 4.78 is 5.61. The average Bonchev–Trinajstić information content (AvgIpc) is 3.15. The molecular formula is C16H24OSi. The van der Waals surface area contributed by atoms with Crippen molar-refractivity contribution in [1.82, 2.24) is 0 Å². The van der Waals surface area contributed by atoms with Crippen LogP contribution in [0.4, 0.5) is 0 Å². The molecule has 1 nitrogen and oxygen atoms in total. The minimum atomic E-state index is -1.50. The topological polar surface area (TPSA) is 12.5 Å². The van der Waals surface area contributed by atoms with Gasteiger partial charge in [0.15, 0.2) is 0 Å². The third-order valence-corrected chi connectivity index (χ3v) is 7.99. The largest absolute Gasteiger partial charge is 0.370 e. The summed E-state index contributed by atoms with van der Waals surface area (Å²) in [7, 11) is -1.50. The van der Waals surface area contributed by atoms with Crippen LogP contribution in [-0.4, -0.2) is 20.3 Å². The molecule has 2 rings (SSSR count). The number of rotatable bonds is 6. The Labute approximate surface area is 112 Å². The van der Waals surface area contributed by atoms with Crippen molar-refractivity contribution in [1.29, 1.82) is 0 Å². The maximum absolute atomic E-state index is 5.61. The summed E-state index contributed by atoms with van der Waals surface area (Å²) in [6.07, 6.45) is 4.46. The molecular weight excluding hydrogens is 236 g/mol. The number of epoxide rings is 1. The molecule has 0 aromatic heterocycles. The zero-order chi connectivity index (χ0) is 13.2. The molecule has 1 saturated heterocycles. The van der Waals surface area contributed by atoms with Gasteiger partial charge in [-0.3, -0.25) is 0 Å². The zero-order valence-electron chi connectivity index (χ0n) is 11.8. The van der Waals surface area contributed by atoms with E-state index < -0.39 is 8.07 Å². The van der Waals surface area contributed by atoms with Crippen LogP contribution in [0.2, 0.25) is 13.1 Å². The highest BCUT2D eigenvalue weighted by Gasteiger charge is 2.37. The van der Waals surface area contributed by atoms with E-state index in [2.05, 4.69) is 56.9 Å². The van der Waals surface area contributed by atoms with Crippen molar-refractivity contribution in [3.63, 3.8) is 0 Å². The Morgan fingerprint density at radius 3 is 2.44 bits per heavy atom. The molecule has 1 aliphatic heterocycles. The van der Waals surface area contributed by atoms with E-state index in [-0.39, 0.29) is 0 Å².